The summed E-state index contributed by atoms with van der Waals surface area (Å²) in [6, 6.07) is 1.25. The number of carbonyl (C=O) groups excluding carboxylic acids is 2. The van der Waals surface area contributed by atoms with Crippen molar-refractivity contribution in [2.75, 3.05) is 0 Å². The fourth-order valence-electron chi connectivity index (χ4n) is 0.565. The van der Waals surface area contributed by atoms with Crippen LogP contribution in [0.5, 0.6) is 0 Å². The molecular formula is C5H7N3O3. The second kappa shape index (κ2) is 4.32. The number of hydrogen-bond acceptors (Lipinski definition) is 5. The van der Waals surface area contributed by atoms with Crippen molar-refractivity contribution in [1.82, 2.24) is 5.06 Å². The third-order valence-corrected chi connectivity index (χ3v) is 1.03. The molecule has 0 radical (unpaired) electrons. The fraction of sp³-hybridized carbons (Fsp3) is 0.400. The van der Waals surface area contributed by atoms with Gasteiger partial charge in [0.1, 0.15) is 0 Å². The zero-order valence-electron chi connectivity index (χ0n) is 5.63. The molecule has 0 unspecified atom stereocenters. The van der Waals surface area contributed by atoms with Crippen molar-refractivity contribution in [2.45, 2.75) is 12.8 Å². The van der Waals surface area contributed by atoms with Crippen LogP contribution in [0.25, 0.3) is 0 Å². The number of imide groups is 1. The number of rotatable bonds is 0. The van der Waals surface area contributed by atoms with E-state index in [1.165, 1.54) is 6.01 Å². The maximum atomic E-state index is 10.2. The Morgan fingerprint density at radius 2 is 1.55 bits per heavy atom. The Bertz CT molecular complexity index is 191. The van der Waals surface area contributed by atoms with E-state index in [0.29, 0.717) is 0 Å². The molecule has 0 spiro atoms. The number of nitrogens with one attached hydrogen (secondary N) is 2. The predicted octanol–water partition coefficient (Wildman–Crippen LogP) is -0.158. The van der Waals surface area contributed by atoms with Gasteiger partial charge in [-0.15, -0.1) is 0 Å². The summed E-state index contributed by atoms with van der Waals surface area (Å²) in [5.41, 5.74) is 0. The van der Waals surface area contributed by atoms with Crippen molar-refractivity contribution in [3.05, 3.63) is 0 Å². The second-order valence-corrected chi connectivity index (χ2v) is 1.72. The largest absolute Gasteiger partial charge is 0.279 e. The highest BCUT2D eigenvalue weighted by Crippen LogP contribution is 2.06. The standard InChI is InChI=1S/C4H5NO3.CH2N2/c6-3-1-2-4(7)5(3)8;2-1-3/h8H,1-2H2;2-3H. The maximum Gasteiger partial charge on any atom is 0.253 e. The average Bonchev–Trinajstić information content (AvgIpc) is 2.22. The van der Waals surface area contributed by atoms with Crippen LogP contribution in [0, 0.1) is 10.8 Å². The van der Waals surface area contributed by atoms with E-state index in [4.69, 9.17) is 16.0 Å². The monoisotopic (exact) mass is 157 g/mol. The van der Waals surface area contributed by atoms with Crippen LogP contribution in [-0.2, 0) is 9.59 Å². The van der Waals surface area contributed by atoms with Crippen LogP contribution in [0.4, 0.5) is 0 Å². The van der Waals surface area contributed by atoms with Gasteiger partial charge >= 0.3 is 0 Å². The number of carbonyl (C=O) groups is 2. The lowest BCUT2D eigenvalue weighted by Gasteiger charge is -1.98. The van der Waals surface area contributed by atoms with Gasteiger partial charge in [-0.3, -0.25) is 14.8 Å². The van der Waals surface area contributed by atoms with Gasteiger partial charge in [-0.05, 0) is 0 Å². The van der Waals surface area contributed by atoms with Crippen molar-refractivity contribution in [3.63, 3.8) is 0 Å². The Balaban J connectivity index is 0.000000292. The van der Waals surface area contributed by atoms with E-state index in [1.54, 1.807) is 0 Å². The van der Waals surface area contributed by atoms with Gasteiger partial charge < -0.3 is 0 Å². The van der Waals surface area contributed by atoms with Crippen LogP contribution in [-0.4, -0.2) is 28.1 Å². The Morgan fingerprint density at radius 1 is 1.27 bits per heavy atom. The fourth-order valence-corrected chi connectivity index (χ4v) is 0.565. The summed E-state index contributed by atoms with van der Waals surface area (Å²) in [6.07, 6.45) is 0.296. The quantitative estimate of drug-likeness (QED) is 0.258. The van der Waals surface area contributed by atoms with E-state index < -0.39 is 11.8 Å². The Morgan fingerprint density at radius 3 is 1.64 bits per heavy atom. The van der Waals surface area contributed by atoms with Crippen molar-refractivity contribution >= 4 is 17.8 Å². The SMILES string of the molecule is N=C=N.O=C1CCC(=O)N1O. The highest BCUT2D eigenvalue weighted by atomic mass is 16.5. The summed E-state index contributed by atoms with van der Waals surface area (Å²) in [4.78, 5) is 20.5. The molecule has 0 aliphatic carbocycles. The first-order chi connectivity index (χ1) is 5.13. The van der Waals surface area contributed by atoms with E-state index in [-0.39, 0.29) is 17.9 Å². The van der Waals surface area contributed by atoms with Gasteiger partial charge in [0.15, 0.2) is 0 Å². The van der Waals surface area contributed by atoms with Crippen LogP contribution in [0.3, 0.4) is 0 Å². The summed E-state index contributed by atoms with van der Waals surface area (Å²) in [6.45, 7) is 0. The van der Waals surface area contributed by atoms with E-state index in [9.17, 15) is 9.59 Å². The molecule has 1 rings (SSSR count). The van der Waals surface area contributed by atoms with E-state index >= 15 is 0 Å². The van der Waals surface area contributed by atoms with E-state index in [1.807, 2.05) is 0 Å². The molecule has 0 atom stereocenters. The minimum atomic E-state index is -0.505. The minimum absolute atomic E-state index is 0.148. The Kier molecular flexibility index (Phi) is 3.72. The minimum Gasteiger partial charge on any atom is -0.279 e. The number of nitrogens with zero attached hydrogens (tertiary/aromatic N) is 1. The average molecular weight is 157 g/mol. The number of hydroxylamine groups is 2. The molecule has 0 aromatic rings. The first-order valence-corrected chi connectivity index (χ1v) is 2.76. The summed E-state index contributed by atoms with van der Waals surface area (Å²) in [7, 11) is 0. The van der Waals surface area contributed by atoms with Crippen LogP contribution in [0.15, 0.2) is 0 Å². The summed E-state index contributed by atoms with van der Waals surface area (Å²) < 4.78 is 0. The molecule has 1 heterocycles. The molecule has 11 heavy (non-hydrogen) atoms. The van der Waals surface area contributed by atoms with Gasteiger partial charge in [0.2, 0.25) is 0 Å². The van der Waals surface area contributed by atoms with E-state index in [2.05, 4.69) is 0 Å². The smallest absolute Gasteiger partial charge is 0.253 e. The Hall–Kier alpha value is -1.52. The van der Waals surface area contributed by atoms with Crippen molar-refractivity contribution in [1.29, 1.82) is 10.8 Å². The van der Waals surface area contributed by atoms with Gasteiger partial charge in [-0.2, -0.15) is 5.06 Å². The molecule has 2 amide bonds. The summed E-state index contributed by atoms with van der Waals surface area (Å²) in [5, 5.41) is 19.8. The molecule has 0 bridgehead atoms. The van der Waals surface area contributed by atoms with Crippen LogP contribution in [0.1, 0.15) is 12.8 Å². The molecule has 0 saturated carbocycles. The molecule has 6 nitrogen and oxygen atoms in total. The van der Waals surface area contributed by atoms with Crippen molar-refractivity contribution in [2.24, 2.45) is 0 Å². The lowest BCUT2D eigenvalue weighted by molar-refractivity contribution is -0.171. The first kappa shape index (κ1) is 9.48. The summed E-state index contributed by atoms with van der Waals surface area (Å²) >= 11 is 0. The Labute approximate surface area is 62.4 Å². The van der Waals surface area contributed by atoms with Crippen molar-refractivity contribution in [3.8, 4) is 0 Å². The first-order valence-electron chi connectivity index (χ1n) is 2.76. The lowest BCUT2D eigenvalue weighted by Crippen LogP contribution is -2.24. The molecular weight excluding hydrogens is 150 g/mol. The second-order valence-electron chi connectivity index (χ2n) is 1.72. The predicted molar refractivity (Wildman–Crippen MR) is 33.3 cm³/mol. The zero-order valence-corrected chi connectivity index (χ0v) is 5.63. The molecule has 1 fully saturated rings. The lowest BCUT2D eigenvalue weighted by atomic mass is 10.4. The molecule has 1 aliphatic heterocycles. The maximum absolute atomic E-state index is 10.2. The molecule has 60 valence electrons. The third kappa shape index (κ3) is 2.70. The van der Waals surface area contributed by atoms with Gasteiger partial charge in [0.25, 0.3) is 11.8 Å². The normalized spacial score (nSPS) is 15.5. The number of amides is 2. The molecule has 6 heteroatoms. The topological polar surface area (TPSA) is 105 Å². The third-order valence-electron chi connectivity index (χ3n) is 1.03. The van der Waals surface area contributed by atoms with Crippen molar-refractivity contribution < 1.29 is 14.8 Å². The zero-order chi connectivity index (χ0) is 8.85. The van der Waals surface area contributed by atoms with Gasteiger partial charge in [-0.1, -0.05) is 0 Å². The van der Waals surface area contributed by atoms with Crippen LogP contribution < -0.4 is 0 Å². The molecule has 1 aliphatic rings. The molecule has 0 aromatic heterocycles. The molecule has 1 saturated heterocycles. The van der Waals surface area contributed by atoms with Gasteiger partial charge in [0, 0.05) is 12.8 Å². The van der Waals surface area contributed by atoms with E-state index in [0.717, 1.165) is 0 Å². The molecule has 0 aromatic carbocycles. The summed E-state index contributed by atoms with van der Waals surface area (Å²) in [5.74, 6) is -1.01. The van der Waals surface area contributed by atoms with Gasteiger partial charge in [-0.25, -0.2) is 10.8 Å². The van der Waals surface area contributed by atoms with Crippen LogP contribution in [0.2, 0.25) is 0 Å². The van der Waals surface area contributed by atoms with Crippen LogP contribution >= 0.6 is 0 Å². The molecule has 3 N–H and O–H groups in total. The van der Waals surface area contributed by atoms with Gasteiger partial charge in [0.05, 0.1) is 6.01 Å². The highest BCUT2D eigenvalue weighted by molar-refractivity contribution is 6.00. The highest BCUT2D eigenvalue weighted by Gasteiger charge is 2.26. The number of hydrogen-bond donors (Lipinski definition) is 3.